The highest BCUT2D eigenvalue weighted by Gasteiger charge is 2.63. The van der Waals surface area contributed by atoms with Crippen LogP contribution in [0.15, 0.2) is 72.8 Å². The van der Waals surface area contributed by atoms with Crippen molar-refractivity contribution < 1.29 is 9.59 Å². The molecule has 3 aromatic carbocycles. The number of thioether (sulfide) groups is 1. The molecule has 34 heavy (non-hydrogen) atoms. The van der Waals surface area contributed by atoms with Gasteiger partial charge in [0.25, 0.3) is 5.91 Å². The number of rotatable bonds is 3. The standard InChI is InChI=1S/C28H29N3O2S/c1-19-13-15-22(16-14-19)29-26(33)31-18-27(3,4)34-28(31)23-11-7-8-12-24(23)30(25(28)32)17-21-10-6-5-9-20(21)2/h5-16H,17-18H2,1-4H3,(H,29,33). The molecule has 3 amide bonds. The van der Waals surface area contributed by atoms with Gasteiger partial charge in [-0.1, -0.05) is 60.2 Å². The summed E-state index contributed by atoms with van der Waals surface area (Å²) < 4.78 is -0.286. The summed E-state index contributed by atoms with van der Waals surface area (Å²) in [6.07, 6.45) is 0. The molecule has 1 spiro atoms. The average molecular weight is 472 g/mol. The molecule has 1 unspecified atom stereocenters. The summed E-state index contributed by atoms with van der Waals surface area (Å²) in [6, 6.07) is 23.5. The molecule has 0 aromatic heterocycles. The summed E-state index contributed by atoms with van der Waals surface area (Å²) >= 11 is 1.57. The summed E-state index contributed by atoms with van der Waals surface area (Å²) in [6.45, 7) is 9.20. The van der Waals surface area contributed by atoms with E-state index >= 15 is 0 Å². The smallest absolute Gasteiger partial charge is 0.308 e. The predicted molar refractivity (Wildman–Crippen MR) is 139 cm³/mol. The van der Waals surface area contributed by atoms with Gasteiger partial charge in [0.15, 0.2) is 4.87 Å². The Labute approximate surface area is 205 Å². The van der Waals surface area contributed by atoms with E-state index in [4.69, 9.17) is 0 Å². The molecular formula is C28H29N3O2S. The maximum absolute atomic E-state index is 14.3. The number of anilines is 2. The highest BCUT2D eigenvalue weighted by atomic mass is 32.2. The van der Waals surface area contributed by atoms with Crippen LogP contribution in [0.3, 0.4) is 0 Å². The number of benzene rings is 3. The van der Waals surface area contributed by atoms with Gasteiger partial charge < -0.3 is 10.2 Å². The van der Waals surface area contributed by atoms with Crippen molar-refractivity contribution in [1.82, 2.24) is 4.90 Å². The third kappa shape index (κ3) is 3.66. The van der Waals surface area contributed by atoms with Crippen molar-refractivity contribution in [1.29, 1.82) is 0 Å². The third-order valence-corrected chi connectivity index (χ3v) is 8.17. The van der Waals surface area contributed by atoms with E-state index in [0.717, 1.165) is 33.6 Å². The van der Waals surface area contributed by atoms with E-state index in [1.807, 2.05) is 72.5 Å². The first-order valence-corrected chi connectivity index (χ1v) is 12.3. The van der Waals surface area contributed by atoms with Crippen molar-refractivity contribution in [2.24, 2.45) is 0 Å². The van der Waals surface area contributed by atoms with Crippen molar-refractivity contribution in [2.45, 2.75) is 43.9 Å². The van der Waals surface area contributed by atoms with Crippen LogP contribution >= 0.6 is 11.8 Å². The zero-order chi connectivity index (χ0) is 24.1. The quantitative estimate of drug-likeness (QED) is 0.505. The normalized spacial score (nSPS) is 20.6. The molecule has 5 rings (SSSR count). The Hall–Kier alpha value is -3.25. The molecule has 2 heterocycles. The monoisotopic (exact) mass is 471 g/mol. The third-order valence-electron chi connectivity index (χ3n) is 6.58. The lowest BCUT2D eigenvalue weighted by Gasteiger charge is -2.33. The lowest BCUT2D eigenvalue weighted by Crippen LogP contribution is -2.51. The first-order chi connectivity index (χ1) is 16.2. The maximum Gasteiger partial charge on any atom is 0.323 e. The van der Waals surface area contributed by atoms with Gasteiger partial charge in [-0.15, -0.1) is 11.8 Å². The van der Waals surface area contributed by atoms with E-state index in [1.165, 1.54) is 0 Å². The van der Waals surface area contributed by atoms with E-state index in [9.17, 15) is 9.59 Å². The van der Waals surface area contributed by atoms with Crippen LogP contribution in [0.25, 0.3) is 0 Å². The average Bonchev–Trinajstić information content (AvgIpc) is 3.23. The Morgan fingerprint density at radius 1 is 0.971 bits per heavy atom. The van der Waals surface area contributed by atoms with Crippen molar-refractivity contribution in [3.63, 3.8) is 0 Å². The lowest BCUT2D eigenvalue weighted by molar-refractivity contribution is -0.123. The molecule has 1 N–H and O–H groups in total. The van der Waals surface area contributed by atoms with Gasteiger partial charge in [-0.3, -0.25) is 9.69 Å². The van der Waals surface area contributed by atoms with Gasteiger partial charge in [0.2, 0.25) is 0 Å². The highest BCUT2D eigenvalue weighted by Crippen LogP contribution is 2.59. The molecule has 2 aliphatic rings. The second-order valence-corrected chi connectivity index (χ2v) is 11.6. The number of amides is 3. The second-order valence-electron chi connectivity index (χ2n) is 9.72. The van der Waals surface area contributed by atoms with Gasteiger partial charge in [0.1, 0.15) is 0 Å². The second kappa shape index (κ2) is 8.20. The van der Waals surface area contributed by atoms with Crippen LogP contribution < -0.4 is 10.2 Å². The van der Waals surface area contributed by atoms with Crippen molar-refractivity contribution in [3.05, 3.63) is 95.1 Å². The minimum absolute atomic E-state index is 0.0633. The van der Waals surface area contributed by atoms with Gasteiger partial charge in [0, 0.05) is 22.5 Å². The molecule has 2 aliphatic heterocycles. The largest absolute Gasteiger partial charge is 0.323 e. The Bertz CT molecular complexity index is 1270. The number of fused-ring (bicyclic) bond motifs is 2. The Morgan fingerprint density at radius 2 is 1.65 bits per heavy atom. The van der Waals surface area contributed by atoms with Crippen LogP contribution in [-0.2, 0) is 16.2 Å². The maximum atomic E-state index is 14.3. The van der Waals surface area contributed by atoms with E-state index in [1.54, 1.807) is 16.7 Å². The number of nitrogens with zero attached hydrogens (tertiary/aromatic N) is 2. The number of aryl methyl sites for hydroxylation is 2. The fraction of sp³-hybridized carbons (Fsp3) is 0.286. The van der Waals surface area contributed by atoms with Gasteiger partial charge >= 0.3 is 6.03 Å². The summed E-state index contributed by atoms with van der Waals surface area (Å²) in [5.74, 6) is -0.0633. The highest BCUT2D eigenvalue weighted by molar-refractivity contribution is 8.02. The molecule has 0 saturated carbocycles. The summed E-state index contributed by atoms with van der Waals surface area (Å²) in [5, 5.41) is 3.03. The zero-order valence-electron chi connectivity index (χ0n) is 20.0. The number of hydrogen-bond acceptors (Lipinski definition) is 3. The number of carbonyl (C=O) groups excluding carboxylic acids is 2. The summed E-state index contributed by atoms with van der Waals surface area (Å²) in [7, 11) is 0. The molecule has 0 aliphatic carbocycles. The van der Waals surface area contributed by atoms with E-state index in [2.05, 4.69) is 38.2 Å². The van der Waals surface area contributed by atoms with Crippen LogP contribution in [-0.4, -0.2) is 28.1 Å². The van der Waals surface area contributed by atoms with Crippen LogP contribution in [0.4, 0.5) is 16.2 Å². The van der Waals surface area contributed by atoms with Gasteiger partial charge in [-0.05, 0) is 57.0 Å². The van der Waals surface area contributed by atoms with Gasteiger partial charge in [-0.2, -0.15) is 0 Å². The predicted octanol–water partition coefficient (Wildman–Crippen LogP) is 6.06. The first kappa shape index (κ1) is 22.5. The molecule has 3 aromatic rings. The van der Waals surface area contributed by atoms with Crippen molar-refractivity contribution in [2.75, 3.05) is 16.8 Å². The number of carbonyl (C=O) groups is 2. The van der Waals surface area contributed by atoms with Crippen molar-refractivity contribution in [3.8, 4) is 0 Å². The molecule has 1 saturated heterocycles. The summed E-state index contributed by atoms with van der Waals surface area (Å²) in [5.41, 5.74) is 5.83. The van der Waals surface area contributed by atoms with Gasteiger partial charge in [0.05, 0.1) is 12.2 Å². The fourth-order valence-electron chi connectivity index (χ4n) is 4.90. The number of para-hydroxylation sites is 1. The molecule has 5 nitrogen and oxygen atoms in total. The Kier molecular flexibility index (Phi) is 5.44. The lowest BCUT2D eigenvalue weighted by atomic mass is 10.1. The van der Waals surface area contributed by atoms with E-state index in [-0.39, 0.29) is 16.7 Å². The topological polar surface area (TPSA) is 52.7 Å². The number of urea groups is 1. The number of nitrogens with one attached hydrogen (secondary N) is 1. The molecule has 0 bridgehead atoms. The minimum Gasteiger partial charge on any atom is -0.308 e. The van der Waals surface area contributed by atoms with E-state index in [0.29, 0.717) is 13.1 Å². The molecule has 1 atom stereocenters. The molecule has 0 radical (unpaired) electrons. The van der Waals surface area contributed by atoms with Crippen LogP contribution in [0.2, 0.25) is 0 Å². The van der Waals surface area contributed by atoms with E-state index < -0.39 is 4.87 Å². The molecule has 174 valence electrons. The van der Waals surface area contributed by atoms with Gasteiger partial charge in [-0.25, -0.2) is 4.79 Å². The molecule has 6 heteroatoms. The minimum atomic E-state index is -1.10. The first-order valence-electron chi connectivity index (χ1n) is 11.5. The Morgan fingerprint density at radius 3 is 2.38 bits per heavy atom. The molecule has 1 fully saturated rings. The zero-order valence-corrected chi connectivity index (χ0v) is 20.8. The van der Waals surface area contributed by atoms with Crippen LogP contribution in [0, 0.1) is 13.8 Å². The summed E-state index contributed by atoms with van der Waals surface area (Å²) in [4.78, 5) is 30.4. The SMILES string of the molecule is Cc1ccc(NC(=O)N2CC(C)(C)SC23C(=O)N(Cc2ccccc2C)c2ccccc23)cc1. The van der Waals surface area contributed by atoms with Crippen LogP contribution in [0.5, 0.6) is 0 Å². The number of hydrogen-bond donors (Lipinski definition) is 1. The molecular weight excluding hydrogens is 442 g/mol. The van der Waals surface area contributed by atoms with Crippen LogP contribution in [0.1, 0.15) is 36.1 Å². The fourth-order valence-corrected chi connectivity index (χ4v) is 6.63. The Balaban J connectivity index is 1.56. The van der Waals surface area contributed by atoms with Crippen molar-refractivity contribution >= 4 is 35.1 Å².